The third-order valence-corrected chi connectivity index (χ3v) is 7.27. The minimum absolute atomic E-state index is 0.122. The standard InChI is InChI=1S/C20H25N7O2S2/c1-4-9-21-18(28)16-13-7-5-6-8-15(13)30-20(16)22-19(29)17-12(3)27(26-23-17)10-14-11(2)24-31-25-14/h4-10H2,1-3H3,(H,21,28)(H,22,29). The van der Waals surface area contributed by atoms with E-state index in [0.717, 1.165) is 60.8 Å². The second kappa shape index (κ2) is 9.23. The lowest BCUT2D eigenvalue weighted by Crippen LogP contribution is -2.26. The maximum atomic E-state index is 13.0. The van der Waals surface area contributed by atoms with Crippen LogP contribution in [0, 0.1) is 13.8 Å². The predicted molar refractivity (Wildman–Crippen MR) is 120 cm³/mol. The van der Waals surface area contributed by atoms with Gasteiger partial charge in [-0.2, -0.15) is 8.75 Å². The largest absolute Gasteiger partial charge is 0.352 e. The fraction of sp³-hybridized carbons (Fsp3) is 0.500. The molecule has 3 heterocycles. The fourth-order valence-corrected chi connectivity index (χ4v) is 5.48. The molecule has 0 fully saturated rings. The van der Waals surface area contributed by atoms with E-state index in [9.17, 15) is 9.59 Å². The van der Waals surface area contributed by atoms with Gasteiger partial charge in [-0.1, -0.05) is 12.1 Å². The number of rotatable bonds is 7. The summed E-state index contributed by atoms with van der Waals surface area (Å²) in [4.78, 5) is 27.1. The number of carbonyl (C=O) groups excluding carboxylic acids is 2. The van der Waals surface area contributed by atoms with Crippen LogP contribution >= 0.6 is 23.1 Å². The Bertz CT molecular complexity index is 1120. The zero-order valence-electron chi connectivity index (χ0n) is 17.8. The van der Waals surface area contributed by atoms with E-state index in [0.29, 0.717) is 29.3 Å². The molecule has 1 aliphatic carbocycles. The Morgan fingerprint density at radius 3 is 2.68 bits per heavy atom. The zero-order chi connectivity index (χ0) is 22.0. The van der Waals surface area contributed by atoms with Crippen LogP contribution in [-0.4, -0.2) is 42.1 Å². The van der Waals surface area contributed by atoms with Gasteiger partial charge in [-0.15, -0.1) is 16.4 Å². The molecule has 164 valence electrons. The van der Waals surface area contributed by atoms with Crippen molar-refractivity contribution in [2.24, 2.45) is 0 Å². The van der Waals surface area contributed by atoms with Crippen LogP contribution < -0.4 is 10.6 Å². The summed E-state index contributed by atoms with van der Waals surface area (Å²) >= 11 is 2.65. The molecule has 0 radical (unpaired) electrons. The molecule has 9 nitrogen and oxygen atoms in total. The first-order chi connectivity index (χ1) is 15.0. The number of thiophene rings is 1. The van der Waals surface area contributed by atoms with E-state index in [1.54, 1.807) is 11.6 Å². The van der Waals surface area contributed by atoms with Crippen molar-refractivity contribution in [1.29, 1.82) is 0 Å². The Morgan fingerprint density at radius 2 is 1.94 bits per heavy atom. The topological polar surface area (TPSA) is 115 Å². The summed E-state index contributed by atoms with van der Waals surface area (Å²) in [6, 6.07) is 0. The lowest BCUT2D eigenvalue weighted by atomic mass is 9.95. The first-order valence-corrected chi connectivity index (χ1v) is 12.0. The first-order valence-electron chi connectivity index (χ1n) is 10.4. The van der Waals surface area contributed by atoms with Gasteiger partial charge in [0.25, 0.3) is 11.8 Å². The highest BCUT2D eigenvalue weighted by Crippen LogP contribution is 2.38. The van der Waals surface area contributed by atoms with E-state index in [4.69, 9.17) is 0 Å². The molecule has 2 amide bonds. The maximum absolute atomic E-state index is 13.0. The number of fused-ring (bicyclic) bond motifs is 1. The van der Waals surface area contributed by atoms with Crippen LogP contribution in [0.3, 0.4) is 0 Å². The molecule has 0 unspecified atom stereocenters. The summed E-state index contributed by atoms with van der Waals surface area (Å²) in [7, 11) is 0. The summed E-state index contributed by atoms with van der Waals surface area (Å²) in [5.41, 5.74) is 4.22. The molecule has 0 aromatic carbocycles. The molecule has 11 heteroatoms. The van der Waals surface area contributed by atoms with Crippen LogP contribution in [0.1, 0.15) is 74.6 Å². The molecule has 0 saturated heterocycles. The zero-order valence-corrected chi connectivity index (χ0v) is 19.5. The van der Waals surface area contributed by atoms with Gasteiger partial charge in [-0.25, -0.2) is 4.68 Å². The average Bonchev–Trinajstić information content (AvgIpc) is 3.44. The van der Waals surface area contributed by atoms with Gasteiger partial charge in [-0.05, 0) is 51.5 Å². The van der Waals surface area contributed by atoms with E-state index < -0.39 is 0 Å². The van der Waals surface area contributed by atoms with Crippen LogP contribution in [0.25, 0.3) is 0 Å². The van der Waals surface area contributed by atoms with Crippen LogP contribution in [0.4, 0.5) is 5.00 Å². The molecule has 0 bridgehead atoms. The fourth-order valence-electron chi connectivity index (χ4n) is 3.64. The number of carbonyl (C=O) groups is 2. The third kappa shape index (κ3) is 4.38. The second-order valence-electron chi connectivity index (χ2n) is 7.60. The third-order valence-electron chi connectivity index (χ3n) is 5.40. The lowest BCUT2D eigenvalue weighted by molar-refractivity contribution is 0.0954. The van der Waals surface area contributed by atoms with Gasteiger partial charge in [0.1, 0.15) is 5.00 Å². The highest BCUT2D eigenvalue weighted by Gasteiger charge is 2.27. The van der Waals surface area contributed by atoms with Crippen molar-refractivity contribution in [3.8, 4) is 0 Å². The van der Waals surface area contributed by atoms with Gasteiger partial charge >= 0.3 is 0 Å². The molecule has 4 rings (SSSR count). The summed E-state index contributed by atoms with van der Waals surface area (Å²) < 4.78 is 10.1. The van der Waals surface area contributed by atoms with E-state index >= 15 is 0 Å². The molecule has 1 aliphatic rings. The van der Waals surface area contributed by atoms with Crippen LogP contribution in [0.5, 0.6) is 0 Å². The summed E-state index contributed by atoms with van der Waals surface area (Å²) in [5, 5.41) is 14.7. The molecule has 0 aliphatic heterocycles. The number of aryl methyl sites for hydroxylation is 2. The van der Waals surface area contributed by atoms with Crippen molar-refractivity contribution in [2.45, 2.75) is 59.4 Å². The van der Waals surface area contributed by atoms with Crippen molar-refractivity contribution < 1.29 is 9.59 Å². The smallest absolute Gasteiger partial charge is 0.278 e. The minimum atomic E-state index is -0.361. The van der Waals surface area contributed by atoms with E-state index in [1.807, 2.05) is 13.8 Å². The van der Waals surface area contributed by atoms with E-state index in [2.05, 4.69) is 29.7 Å². The van der Waals surface area contributed by atoms with Gasteiger partial charge in [0.05, 0.1) is 40.9 Å². The predicted octanol–water partition coefficient (Wildman–Crippen LogP) is 3.13. The molecule has 31 heavy (non-hydrogen) atoms. The summed E-state index contributed by atoms with van der Waals surface area (Å²) in [5.74, 6) is -0.483. The highest BCUT2D eigenvalue weighted by atomic mass is 32.1. The van der Waals surface area contributed by atoms with Crippen molar-refractivity contribution in [2.75, 3.05) is 11.9 Å². The van der Waals surface area contributed by atoms with Crippen molar-refractivity contribution in [1.82, 2.24) is 29.1 Å². The highest BCUT2D eigenvalue weighted by molar-refractivity contribution is 7.17. The number of nitrogens with zero attached hydrogens (tertiary/aromatic N) is 5. The summed E-state index contributed by atoms with van der Waals surface area (Å²) in [6.45, 7) is 6.73. The maximum Gasteiger partial charge on any atom is 0.278 e. The number of aromatic nitrogens is 5. The molecule has 3 aromatic heterocycles. The number of anilines is 1. The Hall–Kier alpha value is -2.66. The molecule has 0 saturated carbocycles. The molecular formula is C20H25N7O2S2. The lowest BCUT2D eigenvalue weighted by Gasteiger charge is -2.13. The second-order valence-corrected chi connectivity index (χ2v) is 9.24. The Kier molecular flexibility index (Phi) is 6.42. The van der Waals surface area contributed by atoms with Gasteiger partial charge in [-0.3, -0.25) is 9.59 Å². The van der Waals surface area contributed by atoms with E-state index in [1.165, 1.54) is 16.2 Å². The van der Waals surface area contributed by atoms with E-state index in [-0.39, 0.29) is 17.5 Å². The molecule has 0 spiro atoms. The van der Waals surface area contributed by atoms with Crippen LogP contribution in [0.2, 0.25) is 0 Å². The average molecular weight is 460 g/mol. The first kappa shape index (κ1) is 21.6. The SMILES string of the molecule is CCCNC(=O)c1c(NC(=O)c2nnn(Cc3nsnc3C)c2C)sc2c1CCCC2. The van der Waals surface area contributed by atoms with Gasteiger partial charge in [0, 0.05) is 11.4 Å². The number of nitrogens with one attached hydrogen (secondary N) is 2. The normalized spacial score (nSPS) is 13.1. The number of hydrogen-bond acceptors (Lipinski definition) is 8. The molecule has 2 N–H and O–H groups in total. The Morgan fingerprint density at radius 1 is 1.13 bits per heavy atom. The van der Waals surface area contributed by atoms with Crippen LogP contribution in [-0.2, 0) is 19.4 Å². The quantitative estimate of drug-likeness (QED) is 0.561. The van der Waals surface area contributed by atoms with Gasteiger partial charge in [0.2, 0.25) is 0 Å². The van der Waals surface area contributed by atoms with Gasteiger partial charge < -0.3 is 10.6 Å². The monoisotopic (exact) mass is 459 g/mol. The Balaban J connectivity index is 1.58. The van der Waals surface area contributed by atoms with Crippen LogP contribution in [0.15, 0.2) is 0 Å². The van der Waals surface area contributed by atoms with Gasteiger partial charge in [0.15, 0.2) is 5.69 Å². The molecular weight excluding hydrogens is 434 g/mol. The number of amides is 2. The Labute approximate surface area is 188 Å². The molecule has 3 aromatic rings. The van der Waals surface area contributed by atoms with Crippen molar-refractivity contribution >= 4 is 39.9 Å². The minimum Gasteiger partial charge on any atom is -0.352 e. The summed E-state index contributed by atoms with van der Waals surface area (Å²) in [6.07, 6.45) is 4.84. The number of hydrogen-bond donors (Lipinski definition) is 2. The van der Waals surface area contributed by atoms with Crippen molar-refractivity contribution in [3.63, 3.8) is 0 Å². The van der Waals surface area contributed by atoms with Crippen molar-refractivity contribution in [3.05, 3.63) is 38.8 Å². The molecule has 0 atom stereocenters.